The minimum absolute atomic E-state index is 0.0662. The van der Waals surface area contributed by atoms with E-state index in [9.17, 15) is 0 Å². The van der Waals surface area contributed by atoms with Crippen LogP contribution in [0.4, 0.5) is 0 Å². The number of hydrogen-bond acceptors (Lipinski definition) is 5. The van der Waals surface area contributed by atoms with Gasteiger partial charge in [-0.25, -0.2) is 11.8 Å². The van der Waals surface area contributed by atoms with Crippen molar-refractivity contribution in [3.8, 4) is 0 Å². The summed E-state index contributed by atoms with van der Waals surface area (Å²) >= 11 is 0. The smallest absolute Gasteiger partial charge is 0.111 e. The van der Waals surface area contributed by atoms with Gasteiger partial charge in [-0.1, -0.05) is 0 Å². The van der Waals surface area contributed by atoms with Crippen LogP contribution in [-0.2, 0) is 14.4 Å². The molecule has 10 heavy (non-hydrogen) atoms. The molecule has 1 aliphatic rings. The lowest BCUT2D eigenvalue weighted by Gasteiger charge is -2.13. The largest absolute Gasteiger partial charge is 0.373 e. The average molecular weight is 148 g/mol. The molecule has 5 nitrogen and oxygen atoms in total. The van der Waals surface area contributed by atoms with Gasteiger partial charge in [0, 0.05) is 13.0 Å². The highest BCUT2D eigenvalue weighted by molar-refractivity contribution is 4.75. The van der Waals surface area contributed by atoms with E-state index in [2.05, 4.69) is 9.68 Å². The fourth-order valence-corrected chi connectivity index (χ4v) is 1.03. The highest BCUT2D eigenvalue weighted by atomic mass is 16.7. The second kappa shape index (κ2) is 3.85. The Hall–Kier alpha value is -0.200. The first-order valence-corrected chi connectivity index (χ1v) is 3.17. The molecular weight excluding hydrogens is 136 g/mol. The SMILES string of the molecule is NOCC1OCCC1ON. The predicted molar refractivity (Wildman–Crippen MR) is 33.6 cm³/mol. The highest BCUT2D eigenvalue weighted by Crippen LogP contribution is 2.14. The van der Waals surface area contributed by atoms with Crippen molar-refractivity contribution in [2.24, 2.45) is 11.8 Å². The summed E-state index contributed by atoms with van der Waals surface area (Å²) < 4.78 is 5.19. The summed E-state index contributed by atoms with van der Waals surface area (Å²) in [6.07, 6.45) is 0.642. The van der Waals surface area contributed by atoms with Crippen molar-refractivity contribution < 1.29 is 14.4 Å². The van der Waals surface area contributed by atoms with Gasteiger partial charge in [0.05, 0.1) is 6.61 Å². The Morgan fingerprint density at radius 1 is 1.50 bits per heavy atom. The van der Waals surface area contributed by atoms with Gasteiger partial charge in [-0.3, -0.25) is 4.84 Å². The van der Waals surface area contributed by atoms with Crippen LogP contribution in [0.15, 0.2) is 0 Å². The summed E-state index contributed by atoms with van der Waals surface area (Å²) in [5, 5.41) is 0. The van der Waals surface area contributed by atoms with Gasteiger partial charge in [0.1, 0.15) is 12.2 Å². The van der Waals surface area contributed by atoms with Crippen molar-refractivity contribution in [1.29, 1.82) is 0 Å². The molecule has 2 unspecified atom stereocenters. The van der Waals surface area contributed by atoms with E-state index in [0.717, 1.165) is 6.42 Å². The van der Waals surface area contributed by atoms with E-state index in [1.807, 2.05) is 0 Å². The van der Waals surface area contributed by atoms with E-state index >= 15 is 0 Å². The molecule has 0 bridgehead atoms. The average Bonchev–Trinajstić information content (AvgIpc) is 2.36. The molecule has 60 valence electrons. The molecule has 0 spiro atoms. The van der Waals surface area contributed by atoms with Gasteiger partial charge >= 0.3 is 0 Å². The first kappa shape index (κ1) is 7.90. The third kappa shape index (κ3) is 1.65. The van der Waals surface area contributed by atoms with Crippen LogP contribution in [0.5, 0.6) is 0 Å². The number of nitrogens with two attached hydrogens (primary N) is 2. The van der Waals surface area contributed by atoms with Crippen LogP contribution < -0.4 is 11.8 Å². The molecule has 5 heteroatoms. The van der Waals surface area contributed by atoms with Crippen molar-refractivity contribution in [3.63, 3.8) is 0 Å². The molecule has 1 fully saturated rings. The molecule has 0 aliphatic carbocycles. The molecular formula is C5H12N2O3. The van der Waals surface area contributed by atoms with Crippen molar-refractivity contribution >= 4 is 0 Å². The van der Waals surface area contributed by atoms with Crippen LogP contribution in [-0.4, -0.2) is 25.4 Å². The lowest BCUT2D eigenvalue weighted by atomic mass is 10.2. The minimum atomic E-state index is -0.102. The summed E-state index contributed by atoms with van der Waals surface area (Å²) in [5.41, 5.74) is 0. The maximum absolute atomic E-state index is 5.19. The van der Waals surface area contributed by atoms with Crippen molar-refractivity contribution in [3.05, 3.63) is 0 Å². The molecule has 0 aromatic carbocycles. The van der Waals surface area contributed by atoms with E-state index in [4.69, 9.17) is 16.5 Å². The van der Waals surface area contributed by atoms with Crippen LogP contribution in [0.2, 0.25) is 0 Å². The Morgan fingerprint density at radius 3 is 2.90 bits per heavy atom. The van der Waals surface area contributed by atoms with Crippen LogP contribution >= 0.6 is 0 Å². The monoisotopic (exact) mass is 148 g/mol. The number of rotatable bonds is 3. The molecule has 2 atom stereocenters. The highest BCUT2D eigenvalue weighted by Gasteiger charge is 2.28. The zero-order valence-corrected chi connectivity index (χ0v) is 5.66. The van der Waals surface area contributed by atoms with Crippen LogP contribution in [0, 0.1) is 0 Å². The minimum Gasteiger partial charge on any atom is -0.373 e. The van der Waals surface area contributed by atoms with Gasteiger partial charge in [0.2, 0.25) is 0 Å². The van der Waals surface area contributed by atoms with Crippen molar-refractivity contribution in [1.82, 2.24) is 0 Å². The van der Waals surface area contributed by atoms with Gasteiger partial charge in [0.25, 0.3) is 0 Å². The second-order valence-corrected chi connectivity index (χ2v) is 2.21. The lowest BCUT2D eigenvalue weighted by Crippen LogP contribution is -2.32. The van der Waals surface area contributed by atoms with E-state index < -0.39 is 0 Å². The van der Waals surface area contributed by atoms with Crippen molar-refractivity contribution in [2.75, 3.05) is 13.2 Å². The normalized spacial score (nSPS) is 33.0. The lowest BCUT2D eigenvalue weighted by molar-refractivity contribution is -0.0528. The second-order valence-electron chi connectivity index (χ2n) is 2.21. The van der Waals surface area contributed by atoms with E-state index in [-0.39, 0.29) is 12.2 Å². The van der Waals surface area contributed by atoms with Crippen LogP contribution in [0.3, 0.4) is 0 Å². The Kier molecular flexibility index (Phi) is 3.04. The topological polar surface area (TPSA) is 79.7 Å². The zero-order chi connectivity index (χ0) is 7.40. The maximum Gasteiger partial charge on any atom is 0.111 e. The third-order valence-corrected chi connectivity index (χ3v) is 1.58. The van der Waals surface area contributed by atoms with E-state index in [0.29, 0.717) is 13.2 Å². The molecule has 1 saturated heterocycles. The quantitative estimate of drug-likeness (QED) is 0.498. The fraction of sp³-hybridized carbons (Fsp3) is 1.00. The molecule has 1 aliphatic heterocycles. The standard InChI is InChI=1S/C5H12N2O3/c6-9-3-5-4(10-7)1-2-8-5/h4-5H,1-3,6-7H2. The third-order valence-electron chi connectivity index (χ3n) is 1.58. The molecule has 0 saturated carbocycles. The zero-order valence-electron chi connectivity index (χ0n) is 5.66. The Balaban J connectivity index is 2.27. The summed E-state index contributed by atoms with van der Waals surface area (Å²) in [4.78, 5) is 9.01. The Morgan fingerprint density at radius 2 is 2.30 bits per heavy atom. The summed E-state index contributed by atoms with van der Waals surface area (Å²) in [6.45, 7) is 0.998. The number of hydrogen-bond donors (Lipinski definition) is 2. The molecule has 0 radical (unpaired) electrons. The van der Waals surface area contributed by atoms with Gasteiger partial charge in [0.15, 0.2) is 0 Å². The van der Waals surface area contributed by atoms with Crippen LogP contribution in [0.25, 0.3) is 0 Å². The van der Waals surface area contributed by atoms with Crippen molar-refractivity contribution in [2.45, 2.75) is 18.6 Å². The Bertz CT molecular complexity index is 101. The van der Waals surface area contributed by atoms with Gasteiger partial charge in [-0.15, -0.1) is 0 Å². The maximum atomic E-state index is 5.19. The Labute approximate surface area is 59.1 Å². The number of ether oxygens (including phenoxy) is 1. The van der Waals surface area contributed by atoms with E-state index in [1.165, 1.54) is 0 Å². The summed E-state index contributed by atoms with van der Waals surface area (Å²) in [7, 11) is 0. The first-order chi connectivity index (χ1) is 4.88. The molecule has 4 N–H and O–H groups in total. The fourth-order valence-electron chi connectivity index (χ4n) is 1.03. The van der Waals surface area contributed by atoms with E-state index in [1.54, 1.807) is 0 Å². The van der Waals surface area contributed by atoms with Gasteiger partial charge < -0.3 is 9.57 Å². The molecule has 1 heterocycles. The molecule has 0 aromatic heterocycles. The van der Waals surface area contributed by atoms with Crippen LogP contribution in [0.1, 0.15) is 6.42 Å². The molecule has 1 rings (SSSR count). The summed E-state index contributed by atoms with van der Waals surface area (Å²) in [5.74, 6) is 9.83. The molecule has 0 aromatic rings. The first-order valence-electron chi connectivity index (χ1n) is 3.17. The van der Waals surface area contributed by atoms with Gasteiger partial charge in [-0.2, -0.15) is 0 Å². The predicted octanol–water partition coefficient (Wildman–Crippen LogP) is -1.08. The molecule has 0 amide bonds. The summed E-state index contributed by atoms with van der Waals surface area (Å²) in [6, 6.07) is 0. The van der Waals surface area contributed by atoms with Gasteiger partial charge in [-0.05, 0) is 0 Å².